The van der Waals surface area contributed by atoms with Gasteiger partial charge in [0.15, 0.2) is 11.5 Å². The van der Waals surface area contributed by atoms with E-state index in [0.717, 1.165) is 61.5 Å². The molecule has 4 heteroatoms. The van der Waals surface area contributed by atoms with E-state index in [0.29, 0.717) is 11.5 Å². The van der Waals surface area contributed by atoms with Crippen LogP contribution in [-0.4, -0.2) is 0 Å². The largest absolute Gasteiger partial charge is 0.453 e. The maximum absolute atomic E-state index is 6.88. The van der Waals surface area contributed by atoms with Gasteiger partial charge in [0.05, 0.1) is 16.8 Å². The normalized spacial score (nSPS) is 11.8. The Labute approximate surface area is 301 Å². The van der Waals surface area contributed by atoms with E-state index in [4.69, 9.17) is 9.47 Å². The van der Waals surface area contributed by atoms with E-state index in [-0.39, 0.29) is 0 Å². The minimum absolute atomic E-state index is 0.642. The molecule has 246 valence electrons. The molecule has 0 atom stereocenters. The summed E-state index contributed by atoms with van der Waals surface area (Å²) in [5.74, 6) is 2.80. The van der Waals surface area contributed by atoms with Crippen molar-refractivity contribution in [3.05, 3.63) is 188 Å². The topological polar surface area (TPSA) is 33.7 Å². The average Bonchev–Trinajstić information content (AvgIpc) is 3.36. The minimum atomic E-state index is 0.642. The number of nitrogens with one attached hydrogen (secondary N) is 1. The second-order valence-electron chi connectivity index (χ2n) is 13.1. The Kier molecular flexibility index (Phi) is 7.10. The molecule has 1 aliphatic heterocycles. The van der Waals surface area contributed by atoms with Gasteiger partial charge in [-0.15, -0.1) is 0 Å². The van der Waals surface area contributed by atoms with Crippen molar-refractivity contribution in [1.29, 1.82) is 0 Å². The maximum Gasteiger partial charge on any atom is 0.172 e. The summed E-state index contributed by atoms with van der Waals surface area (Å²) in [4.78, 5) is 2.30. The Balaban J connectivity index is 1.09. The lowest BCUT2D eigenvalue weighted by atomic mass is 10.0. The average molecular weight is 669 g/mol. The van der Waals surface area contributed by atoms with Crippen LogP contribution in [0.25, 0.3) is 43.4 Å². The van der Waals surface area contributed by atoms with Crippen molar-refractivity contribution in [1.82, 2.24) is 0 Å². The first kappa shape index (κ1) is 29.8. The van der Waals surface area contributed by atoms with Gasteiger partial charge in [0.25, 0.3) is 0 Å². The summed E-state index contributed by atoms with van der Waals surface area (Å²) < 4.78 is 13.5. The number of hydrogen-bond donors (Lipinski definition) is 1. The van der Waals surface area contributed by atoms with Crippen LogP contribution in [0.5, 0.6) is 23.0 Å². The third-order valence-electron chi connectivity index (χ3n) is 9.84. The predicted octanol–water partition coefficient (Wildman–Crippen LogP) is 13.9. The minimum Gasteiger partial charge on any atom is -0.453 e. The van der Waals surface area contributed by atoms with Gasteiger partial charge in [-0.25, -0.2) is 0 Å². The van der Waals surface area contributed by atoms with Crippen LogP contribution in [0.2, 0.25) is 0 Å². The lowest BCUT2D eigenvalue weighted by molar-refractivity contribution is 0.439. The quantitative estimate of drug-likeness (QED) is 0.191. The summed E-state index contributed by atoms with van der Waals surface area (Å²) >= 11 is 0. The van der Waals surface area contributed by atoms with E-state index >= 15 is 0 Å². The molecule has 0 amide bonds. The number of rotatable bonds is 6. The van der Waals surface area contributed by atoms with Crippen molar-refractivity contribution < 1.29 is 9.47 Å². The summed E-state index contributed by atoms with van der Waals surface area (Å²) in [6.07, 6.45) is 0. The molecule has 1 aliphatic rings. The Morgan fingerprint density at radius 1 is 0.385 bits per heavy atom. The molecule has 0 aliphatic carbocycles. The number of anilines is 5. The monoisotopic (exact) mass is 668 g/mol. The van der Waals surface area contributed by atoms with Gasteiger partial charge in [0, 0.05) is 40.0 Å². The van der Waals surface area contributed by atoms with Gasteiger partial charge in [-0.2, -0.15) is 0 Å². The summed E-state index contributed by atoms with van der Waals surface area (Å²) in [6.45, 7) is 0. The standard InChI is InChI=1S/C48H32N2O2/c1-2-11-32(12-3-1)33-23-25-38(26-24-33)50(43-21-9-16-35-14-5-7-19-41(35)43)39-27-28-44-46(31-39)52-47-30-37(29-36-17-10-22-45(51-44)48(36)47)49-42-20-8-15-34-13-4-6-18-40(34)42/h1-31,49H. The molecule has 4 nitrogen and oxygen atoms in total. The molecule has 0 aromatic heterocycles. The Hall–Kier alpha value is -7.04. The van der Waals surface area contributed by atoms with Crippen molar-refractivity contribution in [2.24, 2.45) is 0 Å². The van der Waals surface area contributed by atoms with Crippen molar-refractivity contribution in [2.45, 2.75) is 0 Å². The molecular weight excluding hydrogens is 637 g/mol. The van der Waals surface area contributed by atoms with E-state index < -0.39 is 0 Å². The van der Waals surface area contributed by atoms with E-state index in [1.807, 2.05) is 24.3 Å². The van der Waals surface area contributed by atoms with Gasteiger partial charge >= 0.3 is 0 Å². The number of fused-ring (bicyclic) bond motifs is 3. The van der Waals surface area contributed by atoms with Crippen LogP contribution in [0, 0.1) is 0 Å². The zero-order chi connectivity index (χ0) is 34.4. The van der Waals surface area contributed by atoms with Crippen LogP contribution in [0.3, 0.4) is 0 Å². The van der Waals surface area contributed by atoms with Crippen LogP contribution in [0.4, 0.5) is 28.4 Å². The molecule has 0 fully saturated rings. The number of hydrogen-bond acceptors (Lipinski definition) is 4. The lowest BCUT2D eigenvalue weighted by Crippen LogP contribution is -2.10. The van der Waals surface area contributed by atoms with E-state index in [2.05, 4.69) is 174 Å². The van der Waals surface area contributed by atoms with E-state index in [1.54, 1.807) is 0 Å². The highest BCUT2D eigenvalue weighted by atomic mass is 16.5. The Morgan fingerprint density at radius 3 is 1.87 bits per heavy atom. The molecule has 0 radical (unpaired) electrons. The van der Waals surface area contributed by atoms with Gasteiger partial charge in [-0.1, -0.05) is 127 Å². The molecule has 0 bridgehead atoms. The molecule has 52 heavy (non-hydrogen) atoms. The smallest absolute Gasteiger partial charge is 0.172 e. The molecule has 9 aromatic carbocycles. The fourth-order valence-corrected chi connectivity index (χ4v) is 7.38. The van der Waals surface area contributed by atoms with Crippen molar-refractivity contribution in [3.63, 3.8) is 0 Å². The van der Waals surface area contributed by atoms with Crippen LogP contribution >= 0.6 is 0 Å². The zero-order valence-electron chi connectivity index (χ0n) is 28.2. The number of nitrogens with zero attached hydrogens (tertiary/aromatic N) is 1. The summed E-state index contributed by atoms with van der Waals surface area (Å²) in [5, 5.41) is 10.3. The highest BCUT2D eigenvalue weighted by molar-refractivity contribution is 6.01. The first-order chi connectivity index (χ1) is 25.7. The summed E-state index contributed by atoms with van der Waals surface area (Å²) in [6, 6.07) is 65.5. The van der Waals surface area contributed by atoms with Gasteiger partial charge in [0.1, 0.15) is 11.5 Å². The first-order valence-corrected chi connectivity index (χ1v) is 17.5. The summed E-state index contributed by atoms with van der Waals surface area (Å²) in [5.41, 5.74) is 7.40. The van der Waals surface area contributed by atoms with Crippen LogP contribution in [-0.2, 0) is 0 Å². The molecule has 0 unspecified atom stereocenters. The van der Waals surface area contributed by atoms with Gasteiger partial charge < -0.3 is 19.7 Å². The maximum atomic E-state index is 6.88. The van der Waals surface area contributed by atoms with E-state index in [1.165, 1.54) is 21.9 Å². The van der Waals surface area contributed by atoms with Crippen molar-refractivity contribution >= 4 is 60.8 Å². The number of ether oxygens (including phenoxy) is 2. The van der Waals surface area contributed by atoms with Gasteiger partial charge in [-0.3, -0.25) is 0 Å². The van der Waals surface area contributed by atoms with Crippen molar-refractivity contribution in [2.75, 3.05) is 10.2 Å². The second-order valence-corrected chi connectivity index (χ2v) is 13.1. The molecule has 0 saturated heterocycles. The zero-order valence-corrected chi connectivity index (χ0v) is 28.2. The molecule has 0 saturated carbocycles. The second kappa shape index (κ2) is 12.4. The molecule has 10 rings (SSSR count). The van der Waals surface area contributed by atoms with E-state index in [9.17, 15) is 0 Å². The summed E-state index contributed by atoms with van der Waals surface area (Å²) in [7, 11) is 0. The van der Waals surface area contributed by atoms with Crippen molar-refractivity contribution in [3.8, 4) is 34.1 Å². The third-order valence-corrected chi connectivity index (χ3v) is 9.84. The molecule has 0 spiro atoms. The fraction of sp³-hybridized carbons (Fsp3) is 0. The highest BCUT2D eigenvalue weighted by Crippen LogP contribution is 2.50. The van der Waals surface area contributed by atoms with Crippen LogP contribution in [0.15, 0.2) is 188 Å². The SMILES string of the molecule is c1ccc(-c2ccc(N(c3ccc4c(c3)Oc3cc(Nc5cccc6ccccc56)cc5cccc(c35)O4)c3cccc4ccccc34)cc2)cc1. The Morgan fingerprint density at radius 2 is 1.02 bits per heavy atom. The predicted molar refractivity (Wildman–Crippen MR) is 215 cm³/mol. The fourth-order valence-electron chi connectivity index (χ4n) is 7.38. The molecule has 1 N–H and O–H groups in total. The molecular formula is C48H32N2O2. The first-order valence-electron chi connectivity index (χ1n) is 17.5. The van der Waals surface area contributed by atoms with Gasteiger partial charge in [-0.05, 0) is 75.8 Å². The highest BCUT2D eigenvalue weighted by Gasteiger charge is 2.23. The lowest BCUT2D eigenvalue weighted by Gasteiger charge is -2.27. The van der Waals surface area contributed by atoms with Gasteiger partial charge in [0.2, 0.25) is 0 Å². The van der Waals surface area contributed by atoms with Crippen LogP contribution < -0.4 is 19.7 Å². The third kappa shape index (κ3) is 5.26. The number of benzene rings is 9. The Bertz CT molecular complexity index is 2770. The molecule has 1 heterocycles. The van der Waals surface area contributed by atoms with Crippen LogP contribution in [0.1, 0.15) is 0 Å². The molecule has 9 aromatic rings.